The highest BCUT2D eigenvalue weighted by atomic mass is 16.5. The minimum absolute atomic E-state index is 0.0596. The first kappa shape index (κ1) is 10.7. The summed E-state index contributed by atoms with van der Waals surface area (Å²) in [6.45, 7) is 3.23. The van der Waals surface area contributed by atoms with Crippen molar-refractivity contribution in [3.05, 3.63) is 0 Å². The molecule has 0 spiro atoms. The summed E-state index contributed by atoms with van der Waals surface area (Å²) in [6, 6.07) is 0. The first-order valence-corrected chi connectivity index (χ1v) is 4.81. The maximum atomic E-state index is 11.2. The summed E-state index contributed by atoms with van der Waals surface area (Å²) in [4.78, 5) is 13.3. The molecule has 0 amide bonds. The van der Waals surface area contributed by atoms with Crippen molar-refractivity contribution in [3.63, 3.8) is 0 Å². The second-order valence-electron chi connectivity index (χ2n) is 4.11. The summed E-state index contributed by atoms with van der Waals surface area (Å²) in [6.07, 6.45) is 2.60. The number of hydrogen-bond acceptors (Lipinski definition) is 3. The molecule has 1 saturated heterocycles. The molecule has 0 aromatic heterocycles. The van der Waals surface area contributed by atoms with Crippen LogP contribution in [0.5, 0.6) is 0 Å². The third-order valence-corrected chi connectivity index (χ3v) is 2.95. The van der Waals surface area contributed by atoms with E-state index >= 15 is 0 Å². The van der Waals surface area contributed by atoms with Gasteiger partial charge < -0.3 is 9.64 Å². The monoisotopic (exact) mass is 185 g/mol. The van der Waals surface area contributed by atoms with Crippen LogP contribution in [-0.2, 0) is 9.53 Å². The largest absolute Gasteiger partial charge is 0.381 e. The molecule has 1 aliphatic rings. The third kappa shape index (κ3) is 2.51. The Kier molecular flexibility index (Phi) is 3.45. The Morgan fingerprint density at radius 2 is 1.92 bits per heavy atom. The van der Waals surface area contributed by atoms with Crippen molar-refractivity contribution in [2.45, 2.75) is 31.7 Å². The summed E-state index contributed by atoms with van der Waals surface area (Å²) in [7, 11) is 4.10. The molecule has 13 heavy (non-hydrogen) atoms. The molecule has 1 rings (SSSR count). The van der Waals surface area contributed by atoms with E-state index in [0.717, 1.165) is 26.1 Å². The number of carbonyl (C=O) groups is 1. The van der Waals surface area contributed by atoms with E-state index in [9.17, 15) is 4.79 Å². The maximum absolute atomic E-state index is 11.2. The molecule has 0 radical (unpaired) electrons. The number of Topliss-reactive ketones (excluding diaryl/α,β-unsaturated/α-hetero) is 1. The Labute approximate surface area is 80.1 Å². The molecular formula is C10H19NO2. The van der Waals surface area contributed by atoms with Gasteiger partial charge in [-0.2, -0.15) is 0 Å². The third-order valence-electron chi connectivity index (χ3n) is 2.95. The second-order valence-corrected chi connectivity index (χ2v) is 4.11. The normalized spacial score (nSPS) is 21.8. The minimum atomic E-state index is 0.0596. The average molecular weight is 185 g/mol. The SMILES string of the molecule is CC(=O)CC1(N(C)C)CCOCC1. The lowest BCUT2D eigenvalue weighted by molar-refractivity contribution is -0.121. The highest BCUT2D eigenvalue weighted by Gasteiger charge is 2.35. The van der Waals surface area contributed by atoms with E-state index in [1.165, 1.54) is 0 Å². The molecule has 0 aromatic carbocycles. The fourth-order valence-corrected chi connectivity index (χ4v) is 2.00. The lowest BCUT2D eigenvalue weighted by atomic mass is 9.84. The van der Waals surface area contributed by atoms with Crippen LogP contribution >= 0.6 is 0 Å². The van der Waals surface area contributed by atoms with Crippen LogP contribution in [-0.4, -0.2) is 43.5 Å². The van der Waals surface area contributed by atoms with E-state index in [4.69, 9.17) is 4.74 Å². The van der Waals surface area contributed by atoms with E-state index in [2.05, 4.69) is 4.90 Å². The Morgan fingerprint density at radius 3 is 2.31 bits per heavy atom. The average Bonchev–Trinajstić information content (AvgIpc) is 2.04. The fraction of sp³-hybridized carbons (Fsp3) is 0.900. The summed E-state index contributed by atoms with van der Waals surface area (Å²) >= 11 is 0. The van der Waals surface area contributed by atoms with Gasteiger partial charge in [0.05, 0.1) is 0 Å². The van der Waals surface area contributed by atoms with Crippen LogP contribution in [0, 0.1) is 0 Å². The van der Waals surface area contributed by atoms with Crippen LogP contribution < -0.4 is 0 Å². The number of hydrogen-bond donors (Lipinski definition) is 0. The number of nitrogens with zero attached hydrogens (tertiary/aromatic N) is 1. The van der Waals surface area contributed by atoms with E-state index in [1.807, 2.05) is 14.1 Å². The van der Waals surface area contributed by atoms with Gasteiger partial charge in [-0.1, -0.05) is 0 Å². The molecule has 76 valence electrons. The Bertz CT molecular complexity index is 183. The Hall–Kier alpha value is -0.410. The van der Waals surface area contributed by atoms with Gasteiger partial charge in [-0.05, 0) is 33.9 Å². The molecule has 0 atom stereocenters. The first-order valence-electron chi connectivity index (χ1n) is 4.81. The molecule has 0 saturated carbocycles. The molecule has 0 aliphatic carbocycles. The predicted octanol–water partition coefficient (Wildman–Crippen LogP) is 1.08. The van der Waals surface area contributed by atoms with Crippen molar-refractivity contribution in [2.24, 2.45) is 0 Å². The predicted molar refractivity (Wildman–Crippen MR) is 51.8 cm³/mol. The standard InChI is InChI=1S/C10H19NO2/c1-9(12)8-10(11(2)3)4-6-13-7-5-10/h4-8H2,1-3H3. The summed E-state index contributed by atoms with van der Waals surface area (Å²) in [5.74, 6) is 0.274. The molecule has 3 nitrogen and oxygen atoms in total. The lowest BCUT2D eigenvalue weighted by Gasteiger charge is -2.42. The number of ketones is 1. The van der Waals surface area contributed by atoms with Gasteiger partial charge in [-0.3, -0.25) is 4.79 Å². The number of ether oxygens (including phenoxy) is 1. The van der Waals surface area contributed by atoms with Crippen molar-refractivity contribution in [1.29, 1.82) is 0 Å². The van der Waals surface area contributed by atoms with Crippen LogP contribution in [0.1, 0.15) is 26.2 Å². The fourth-order valence-electron chi connectivity index (χ4n) is 2.00. The van der Waals surface area contributed by atoms with Crippen molar-refractivity contribution in [1.82, 2.24) is 4.90 Å². The van der Waals surface area contributed by atoms with Crippen molar-refractivity contribution in [3.8, 4) is 0 Å². The molecule has 0 bridgehead atoms. The van der Waals surface area contributed by atoms with Gasteiger partial charge in [0.1, 0.15) is 5.78 Å². The van der Waals surface area contributed by atoms with Crippen LogP contribution in [0.4, 0.5) is 0 Å². The second kappa shape index (κ2) is 4.20. The Morgan fingerprint density at radius 1 is 1.38 bits per heavy atom. The van der Waals surface area contributed by atoms with Crippen LogP contribution in [0.3, 0.4) is 0 Å². The van der Waals surface area contributed by atoms with E-state index in [0.29, 0.717) is 6.42 Å². The molecule has 1 heterocycles. The molecule has 1 fully saturated rings. The highest BCUT2D eigenvalue weighted by molar-refractivity contribution is 5.76. The summed E-state index contributed by atoms with van der Waals surface area (Å²) in [5.41, 5.74) is 0.0596. The zero-order valence-corrected chi connectivity index (χ0v) is 8.80. The molecule has 0 N–H and O–H groups in total. The van der Waals surface area contributed by atoms with Gasteiger partial charge in [0.15, 0.2) is 0 Å². The summed E-state index contributed by atoms with van der Waals surface area (Å²) in [5, 5.41) is 0. The van der Waals surface area contributed by atoms with Crippen molar-refractivity contribution in [2.75, 3.05) is 27.3 Å². The molecule has 1 aliphatic heterocycles. The van der Waals surface area contributed by atoms with Crippen LogP contribution in [0.15, 0.2) is 0 Å². The van der Waals surface area contributed by atoms with Gasteiger partial charge >= 0.3 is 0 Å². The van der Waals surface area contributed by atoms with E-state index in [-0.39, 0.29) is 11.3 Å². The minimum Gasteiger partial charge on any atom is -0.381 e. The molecule has 3 heteroatoms. The molecule has 0 unspecified atom stereocenters. The first-order chi connectivity index (χ1) is 6.07. The van der Waals surface area contributed by atoms with Gasteiger partial charge in [-0.15, -0.1) is 0 Å². The van der Waals surface area contributed by atoms with Gasteiger partial charge in [-0.25, -0.2) is 0 Å². The van der Waals surface area contributed by atoms with Crippen molar-refractivity contribution < 1.29 is 9.53 Å². The Balaban J connectivity index is 2.67. The van der Waals surface area contributed by atoms with Gasteiger partial charge in [0.25, 0.3) is 0 Å². The van der Waals surface area contributed by atoms with Crippen LogP contribution in [0.2, 0.25) is 0 Å². The maximum Gasteiger partial charge on any atom is 0.131 e. The summed E-state index contributed by atoms with van der Waals surface area (Å²) < 4.78 is 5.32. The smallest absolute Gasteiger partial charge is 0.131 e. The zero-order chi connectivity index (χ0) is 9.90. The van der Waals surface area contributed by atoms with Crippen molar-refractivity contribution >= 4 is 5.78 Å². The lowest BCUT2D eigenvalue weighted by Crippen LogP contribution is -2.49. The molecular weight excluding hydrogens is 166 g/mol. The molecule has 0 aromatic rings. The highest BCUT2D eigenvalue weighted by Crippen LogP contribution is 2.29. The quantitative estimate of drug-likeness (QED) is 0.659. The topological polar surface area (TPSA) is 29.5 Å². The van der Waals surface area contributed by atoms with E-state index in [1.54, 1.807) is 6.92 Å². The van der Waals surface area contributed by atoms with Crippen LogP contribution in [0.25, 0.3) is 0 Å². The van der Waals surface area contributed by atoms with Gasteiger partial charge in [0.2, 0.25) is 0 Å². The van der Waals surface area contributed by atoms with Gasteiger partial charge in [0, 0.05) is 25.2 Å². The number of carbonyl (C=O) groups excluding carboxylic acids is 1. The number of rotatable bonds is 3. The zero-order valence-electron chi connectivity index (χ0n) is 8.80. The van der Waals surface area contributed by atoms with E-state index < -0.39 is 0 Å².